The molecule has 1 aromatic heterocycles. The van der Waals surface area contributed by atoms with Gasteiger partial charge in [-0.15, -0.1) is 0 Å². The zero-order valence-corrected chi connectivity index (χ0v) is 34.9. The molecule has 0 N–H and O–H groups in total. The molecule has 11 aromatic carbocycles. The summed E-state index contributed by atoms with van der Waals surface area (Å²) in [6.45, 7) is 0. The number of rotatable bonds is 7. The molecule has 0 saturated heterocycles. The molecule has 0 aliphatic carbocycles. The summed E-state index contributed by atoms with van der Waals surface area (Å²) >= 11 is 0. The molecule has 1 heterocycles. The van der Waals surface area contributed by atoms with Gasteiger partial charge in [-0.05, 0) is 130 Å². The Hall–Kier alpha value is -8.53. The van der Waals surface area contributed by atoms with E-state index in [-0.39, 0.29) is 0 Å². The van der Waals surface area contributed by atoms with Crippen molar-refractivity contribution in [3.05, 3.63) is 237 Å². The molecular formula is C61H39N3. The Morgan fingerprint density at radius 1 is 0.188 bits per heavy atom. The number of aromatic nitrogens is 3. The highest BCUT2D eigenvalue weighted by Crippen LogP contribution is 2.38. The largest absolute Gasteiger partial charge is 0.208 e. The highest BCUT2D eigenvalue weighted by atomic mass is 15.0. The molecule has 12 aromatic rings. The Balaban J connectivity index is 1.07. The van der Waals surface area contributed by atoms with Crippen LogP contribution in [0.15, 0.2) is 237 Å². The summed E-state index contributed by atoms with van der Waals surface area (Å²) in [6, 6.07) is 84.6. The van der Waals surface area contributed by atoms with Crippen LogP contribution in [0.4, 0.5) is 0 Å². The molecule has 298 valence electrons. The number of nitrogens with zero attached hydrogens (tertiary/aromatic N) is 3. The zero-order valence-electron chi connectivity index (χ0n) is 34.9. The predicted octanol–water partition coefficient (Wildman–Crippen LogP) is 16.2. The van der Waals surface area contributed by atoms with Crippen LogP contribution in [0.25, 0.3) is 122 Å². The van der Waals surface area contributed by atoms with Crippen LogP contribution >= 0.6 is 0 Å². The van der Waals surface area contributed by atoms with E-state index in [1.54, 1.807) is 0 Å². The van der Waals surface area contributed by atoms with Crippen molar-refractivity contribution >= 4 is 43.1 Å². The van der Waals surface area contributed by atoms with Crippen LogP contribution in [0, 0.1) is 0 Å². The Labute approximate surface area is 371 Å². The predicted molar refractivity (Wildman–Crippen MR) is 268 cm³/mol. The van der Waals surface area contributed by atoms with Gasteiger partial charge < -0.3 is 0 Å². The van der Waals surface area contributed by atoms with Crippen LogP contribution in [0.3, 0.4) is 0 Å². The van der Waals surface area contributed by atoms with Crippen molar-refractivity contribution in [2.75, 3.05) is 0 Å². The Kier molecular flexibility index (Phi) is 9.16. The molecule has 0 spiro atoms. The molecule has 0 aliphatic heterocycles. The second-order valence-electron chi connectivity index (χ2n) is 16.4. The van der Waals surface area contributed by atoms with Crippen LogP contribution in [0.5, 0.6) is 0 Å². The van der Waals surface area contributed by atoms with Crippen LogP contribution in [-0.2, 0) is 0 Å². The first-order chi connectivity index (χ1) is 31.7. The van der Waals surface area contributed by atoms with E-state index in [0.29, 0.717) is 17.5 Å². The fourth-order valence-corrected chi connectivity index (χ4v) is 9.20. The van der Waals surface area contributed by atoms with Crippen LogP contribution in [-0.4, -0.2) is 15.0 Å². The molecule has 3 heteroatoms. The quantitative estimate of drug-likeness (QED) is 0.161. The normalized spacial score (nSPS) is 11.4. The molecule has 12 rings (SSSR count). The van der Waals surface area contributed by atoms with Gasteiger partial charge in [0.25, 0.3) is 0 Å². The summed E-state index contributed by atoms with van der Waals surface area (Å²) in [7, 11) is 0. The molecule has 0 unspecified atom stereocenters. The van der Waals surface area contributed by atoms with Crippen LogP contribution in [0.1, 0.15) is 0 Å². The summed E-state index contributed by atoms with van der Waals surface area (Å²) < 4.78 is 0. The monoisotopic (exact) mass is 813 g/mol. The van der Waals surface area contributed by atoms with Gasteiger partial charge in [-0.3, -0.25) is 0 Å². The maximum absolute atomic E-state index is 5.31. The van der Waals surface area contributed by atoms with E-state index in [1.807, 2.05) is 0 Å². The molecule has 0 atom stereocenters. The molecular weight excluding hydrogens is 775 g/mol. The molecule has 0 aliphatic rings. The lowest BCUT2D eigenvalue weighted by molar-refractivity contribution is 1.08. The fourth-order valence-electron chi connectivity index (χ4n) is 9.20. The summed E-state index contributed by atoms with van der Waals surface area (Å²) in [5.74, 6) is 1.86. The van der Waals surface area contributed by atoms with Crippen LogP contribution < -0.4 is 0 Å². The topological polar surface area (TPSA) is 38.7 Å². The third-order valence-corrected chi connectivity index (χ3v) is 12.4. The van der Waals surface area contributed by atoms with Crippen molar-refractivity contribution in [3.63, 3.8) is 0 Å². The van der Waals surface area contributed by atoms with Gasteiger partial charge in [0.2, 0.25) is 0 Å². The maximum atomic E-state index is 5.31. The van der Waals surface area contributed by atoms with Crippen molar-refractivity contribution in [3.8, 4) is 78.7 Å². The summed E-state index contributed by atoms with van der Waals surface area (Å²) in [5, 5.41) is 9.52. The lowest BCUT2D eigenvalue weighted by atomic mass is 9.91. The van der Waals surface area contributed by atoms with Crippen molar-refractivity contribution in [1.82, 2.24) is 15.0 Å². The first-order valence-electron chi connectivity index (χ1n) is 21.7. The third kappa shape index (κ3) is 6.96. The standard InChI is InChI=1S/C61H39N3/c1-3-17-44-35-50(31-29-40(44)13-1)59-62-60(51-32-30-41-14-2-4-18-45(41)36-51)64-61(63-59)54-38-52(46-21-9-23-48(33-46)57-27-11-19-42-15-5-7-25-55(42)57)37-53(39-54)47-22-10-24-49(34-47)58-28-12-20-43-16-6-8-26-56(43)58/h1-39H. The van der Waals surface area contributed by atoms with Gasteiger partial charge in [0.05, 0.1) is 0 Å². The van der Waals surface area contributed by atoms with Crippen molar-refractivity contribution in [2.45, 2.75) is 0 Å². The second kappa shape index (κ2) is 15.7. The van der Waals surface area contributed by atoms with Gasteiger partial charge in [-0.1, -0.05) is 194 Å². The summed E-state index contributed by atoms with van der Waals surface area (Å²) in [4.78, 5) is 15.8. The number of fused-ring (bicyclic) bond motifs is 4. The Morgan fingerprint density at radius 2 is 0.531 bits per heavy atom. The lowest BCUT2D eigenvalue weighted by Gasteiger charge is -2.15. The zero-order chi connectivity index (χ0) is 42.4. The molecule has 0 bridgehead atoms. The average molecular weight is 814 g/mol. The van der Waals surface area contributed by atoms with Crippen molar-refractivity contribution < 1.29 is 0 Å². The molecule has 3 nitrogen and oxygen atoms in total. The van der Waals surface area contributed by atoms with E-state index >= 15 is 0 Å². The average Bonchev–Trinajstić information content (AvgIpc) is 3.37. The third-order valence-electron chi connectivity index (χ3n) is 12.4. The lowest BCUT2D eigenvalue weighted by Crippen LogP contribution is -2.01. The van der Waals surface area contributed by atoms with E-state index < -0.39 is 0 Å². The van der Waals surface area contributed by atoms with E-state index in [4.69, 9.17) is 15.0 Å². The van der Waals surface area contributed by atoms with Crippen molar-refractivity contribution in [2.24, 2.45) is 0 Å². The minimum absolute atomic E-state index is 0.611. The first-order valence-corrected chi connectivity index (χ1v) is 21.7. The van der Waals surface area contributed by atoms with E-state index in [1.165, 1.54) is 43.4 Å². The highest BCUT2D eigenvalue weighted by Gasteiger charge is 2.17. The first kappa shape index (κ1) is 37.2. The highest BCUT2D eigenvalue weighted by molar-refractivity contribution is 5.99. The SMILES string of the molecule is c1cc(-c2cc(-c3cccc(-c4cccc5ccccc45)c3)cc(-c3nc(-c4ccc5ccccc5c4)nc(-c4ccc5ccccc5c4)n3)c2)cc(-c2cccc3ccccc23)c1. The molecule has 0 fully saturated rings. The van der Waals surface area contributed by atoms with Crippen LogP contribution in [0.2, 0.25) is 0 Å². The number of benzene rings is 11. The second-order valence-corrected chi connectivity index (χ2v) is 16.4. The Morgan fingerprint density at radius 3 is 1.02 bits per heavy atom. The maximum Gasteiger partial charge on any atom is 0.164 e. The van der Waals surface area contributed by atoms with Gasteiger partial charge >= 0.3 is 0 Å². The number of hydrogen-bond donors (Lipinski definition) is 0. The minimum Gasteiger partial charge on any atom is -0.208 e. The van der Waals surface area contributed by atoms with E-state index in [2.05, 4.69) is 237 Å². The van der Waals surface area contributed by atoms with Gasteiger partial charge in [-0.25, -0.2) is 15.0 Å². The fraction of sp³-hybridized carbons (Fsp3) is 0. The number of hydrogen-bond acceptors (Lipinski definition) is 3. The van der Waals surface area contributed by atoms with E-state index in [0.717, 1.165) is 60.8 Å². The van der Waals surface area contributed by atoms with Gasteiger partial charge in [0.1, 0.15) is 0 Å². The molecule has 0 amide bonds. The van der Waals surface area contributed by atoms with E-state index in [9.17, 15) is 0 Å². The molecule has 0 radical (unpaired) electrons. The summed E-state index contributed by atoms with van der Waals surface area (Å²) in [5.41, 5.74) is 11.9. The minimum atomic E-state index is 0.611. The van der Waals surface area contributed by atoms with Crippen molar-refractivity contribution in [1.29, 1.82) is 0 Å². The molecule has 64 heavy (non-hydrogen) atoms. The van der Waals surface area contributed by atoms with Gasteiger partial charge in [0, 0.05) is 16.7 Å². The van der Waals surface area contributed by atoms with Gasteiger partial charge in [-0.2, -0.15) is 0 Å². The molecule has 0 saturated carbocycles. The summed E-state index contributed by atoms with van der Waals surface area (Å²) in [6.07, 6.45) is 0. The van der Waals surface area contributed by atoms with Gasteiger partial charge in [0.15, 0.2) is 17.5 Å². The smallest absolute Gasteiger partial charge is 0.164 e. The Bertz CT molecular complexity index is 3510.